The summed E-state index contributed by atoms with van der Waals surface area (Å²) >= 11 is 0. The second-order valence-corrected chi connectivity index (χ2v) is 6.09. The number of nitrogens with one attached hydrogen (secondary N) is 1. The highest BCUT2D eigenvalue weighted by atomic mass is 16.5. The highest BCUT2D eigenvalue weighted by molar-refractivity contribution is 5.32. The van der Waals surface area contributed by atoms with Gasteiger partial charge in [0.2, 0.25) is 0 Å². The molecule has 2 rings (SSSR count). The number of para-hydroxylation sites is 1. The van der Waals surface area contributed by atoms with E-state index in [2.05, 4.69) is 37.4 Å². The highest BCUT2D eigenvalue weighted by Gasteiger charge is 2.05. The summed E-state index contributed by atoms with van der Waals surface area (Å²) in [5, 5.41) is 12.7. The van der Waals surface area contributed by atoms with Crippen LogP contribution in [0.15, 0.2) is 42.5 Å². The molecule has 0 aromatic heterocycles. The molecule has 3 nitrogen and oxygen atoms in total. The Morgan fingerprint density at radius 1 is 1.09 bits per heavy atom. The van der Waals surface area contributed by atoms with Crippen LogP contribution in [0.5, 0.6) is 5.75 Å². The van der Waals surface area contributed by atoms with Gasteiger partial charge in [0.1, 0.15) is 12.4 Å². The lowest BCUT2D eigenvalue weighted by atomic mass is 10.0. The molecule has 2 N–H and O–H groups in total. The van der Waals surface area contributed by atoms with E-state index in [0.717, 1.165) is 29.8 Å². The van der Waals surface area contributed by atoms with Crippen LogP contribution in [0.3, 0.4) is 0 Å². The van der Waals surface area contributed by atoms with Crippen LogP contribution in [0.4, 0.5) is 0 Å². The Morgan fingerprint density at radius 2 is 1.87 bits per heavy atom. The van der Waals surface area contributed by atoms with Gasteiger partial charge in [-0.05, 0) is 55.5 Å². The van der Waals surface area contributed by atoms with Crippen molar-refractivity contribution in [2.45, 2.75) is 39.8 Å². The van der Waals surface area contributed by atoms with Gasteiger partial charge < -0.3 is 15.2 Å². The fraction of sp³-hybridized carbons (Fsp3) is 0.400. The molecule has 0 aliphatic carbocycles. The fourth-order valence-electron chi connectivity index (χ4n) is 2.67. The molecular weight excluding hydrogens is 286 g/mol. The molecular formula is C20H27NO2. The molecule has 23 heavy (non-hydrogen) atoms. The van der Waals surface area contributed by atoms with Crippen LogP contribution in [0.2, 0.25) is 0 Å². The smallest absolute Gasteiger partial charge is 0.122 e. The maximum Gasteiger partial charge on any atom is 0.122 e. The van der Waals surface area contributed by atoms with Crippen LogP contribution >= 0.6 is 0 Å². The molecule has 0 saturated carbocycles. The molecule has 0 aliphatic heterocycles. The maximum atomic E-state index is 9.22. The largest absolute Gasteiger partial charge is 0.492 e. The van der Waals surface area contributed by atoms with Gasteiger partial charge in [-0.1, -0.05) is 36.4 Å². The first kappa shape index (κ1) is 17.5. The van der Waals surface area contributed by atoms with E-state index in [-0.39, 0.29) is 6.61 Å². The van der Waals surface area contributed by atoms with Gasteiger partial charge in [-0.15, -0.1) is 0 Å². The summed E-state index contributed by atoms with van der Waals surface area (Å²) in [7, 11) is 0. The molecule has 3 heteroatoms. The molecule has 0 fully saturated rings. The molecule has 0 spiro atoms. The van der Waals surface area contributed by atoms with Crippen molar-refractivity contribution in [2.24, 2.45) is 0 Å². The minimum absolute atomic E-state index is 0.107. The molecule has 0 bridgehead atoms. The zero-order valence-electron chi connectivity index (χ0n) is 14.3. The summed E-state index contributed by atoms with van der Waals surface area (Å²) in [4.78, 5) is 0. The number of aryl methyl sites for hydroxylation is 2. The van der Waals surface area contributed by atoms with E-state index in [9.17, 15) is 5.11 Å². The number of aliphatic hydroxyl groups is 1. The van der Waals surface area contributed by atoms with Crippen molar-refractivity contribution >= 4 is 0 Å². The Balaban J connectivity index is 1.74. The van der Waals surface area contributed by atoms with Gasteiger partial charge in [0.05, 0.1) is 6.61 Å². The Kier molecular flexibility index (Phi) is 6.63. The van der Waals surface area contributed by atoms with Gasteiger partial charge >= 0.3 is 0 Å². The first-order chi connectivity index (χ1) is 11.1. The summed E-state index contributed by atoms with van der Waals surface area (Å²) in [6, 6.07) is 14.7. The number of hydrogen-bond acceptors (Lipinski definition) is 3. The van der Waals surface area contributed by atoms with Crippen molar-refractivity contribution in [3.05, 3.63) is 64.7 Å². The van der Waals surface area contributed by atoms with Gasteiger partial charge in [-0.2, -0.15) is 0 Å². The Hall–Kier alpha value is -1.84. The van der Waals surface area contributed by atoms with Crippen molar-refractivity contribution in [3.8, 4) is 5.75 Å². The highest BCUT2D eigenvalue weighted by Crippen LogP contribution is 2.16. The zero-order valence-corrected chi connectivity index (χ0v) is 14.3. The monoisotopic (exact) mass is 313 g/mol. The van der Waals surface area contributed by atoms with Crippen LogP contribution in [-0.4, -0.2) is 24.3 Å². The summed E-state index contributed by atoms with van der Waals surface area (Å²) in [6.07, 6.45) is 0.969. The SMILES string of the molecule is Cc1cc(C[C@@H](C)NCCOc2ccccc2C)ccc1CO. The second kappa shape index (κ2) is 8.70. The Morgan fingerprint density at radius 3 is 2.57 bits per heavy atom. The average Bonchev–Trinajstić information content (AvgIpc) is 2.53. The average molecular weight is 313 g/mol. The van der Waals surface area contributed by atoms with Crippen molar-refractivity contribution in [1.29, 1.82) is 0 Å². The number of benzene rings is 2. The predicted molar refractivity (Wildman–Crippen MR) is 94.9 cm³/mol. The molecule has 0 unspecified atom stereocenters. The lowest BCUT2D eigenvalue weighted by Gasteiger charge is -2.16. The summed E-state index contributed by atoms with van der Waals surface area (Å²) < 4.78 is 5.80. The van der Waals surface area contributed by atoms with Crippen LogP contribution in [-0.2, 0) is 13.0 Å². The van der Waals surface area contributed by atoms with Gasteiger partial charge in [0.25, 0.3) is 0 Å². The normalized spacial score (nSPS) is 12.2. The van der Waals surface area contributed by atoms with E-state index in [1.807, 2.05) is 31.2 Å². The molecule has 0 aliphatic rings. The molecule has 2 aromatic rings. The van der Waals surface area contributed by atoms with Gasteiger partial charge in [-0.25, -0.2) is 0 Å². The number of rotatable bonds is 8. The van der Waals surface area contributed by atoms with E-state index in [1.54, 1.807) is 0 Å². The van der Waals surface area contributed by atoms with Crippen molar-refractivity contribution < 1.29 is 9.84 Å². The van der Waals surface area contributed by atoms with Gasteiger partial charge in [0.15, 0.2) is 0 Å². The zero-order chi connectivity index (χ0) is 16.7. The topological polar surface area (TPSA) is 41.5 Å². The molecule has 2 aromatic carbocycles. The minimum Gasteiger partial charge on any atom is -0.492 e. The van der Waals surface area contributed by atoms with E-state index in [4.69, 9.17) is 4.74 Å². The van der Waals surface area contributed by atoms with E-state index >= 15 is 0 Å². The van der Waals surface area contributed by atoms with Crippen molar-refractivity contribution in [3.63, 3.8) is 0 Å². The minimum atomic E-state index is 0.107. The molecule has 0 amide bonds. The quantitative estimate of drug-likeness (QED) is 0.734. The van der Waals surface area contributed by atoms with E-state index in [1.165, 1.54) is 11.1 Å². The number of ether oxygens (including phenoxy) is 1. The second-order valence-electron chi connectivity index (χ2n) is 6.09. The van der Waals surface area contributed by atoms with Crippen LogP contribution in [0.1, 0.15) is 29.2 Å². The summed E-state index contributed by atoms with van der Waals surface area (Å²) in [6.45, 7) is 7.88. The lowest BCUT2D eigenvalue weighted by Crippen LogP contribution is -2.31. The van der Waals surface area contributed by atoms with E-state index < -0.39 is 0 Å². The first-order valence-corrected chi connectivity index (χ1v) is 8.21. The Bertz CT molecular complexity index is 625. The van der Waals surface area contributed by atoms with Crippen LogP contribution < -0.4 is 10.1 Å². The third-order valence-electron chi connectivity index (χ3n) is 4.07. The predicted octanol–water partition coefficient (Wildman–Crippen LogP) is 3.40. The standard InChI is InChI=1S/C20H27NO2/c1-15-6-4-5-7-20(15)23-11-10-21-17(3)13-18-8-9-19(14-22)16(2)12-18/h4-9,12,17,21-22H,10-11,13-14H2,1-3H3/t17-/m1/s1. The third kappa shape index (κ3) is 5.38. The first-order valence-electron chi connectivity index (χ1n) is 8.21. The number of aliphatic hydroxyl groups excluding tert-OH is 1. The Labute approximate surface area is 139 Å². The molecule has 0 saturated heterocycles. The summed E-state index contributed by atoms with van der Waals surface area (Å²) in [5.74, 6) is 0.956. The van der Waals surface area contributed by atoms with Crippen molar-refractivity contribution in [1.82, 2.24) is 5.32 Å². The number of hydrogen-bond donors (Lipinski definition) is 2. The molecule has 1 atom stereocenters. The van der Waals surface area contributed by atoms with Crippen LogP contribution in [0.25, 0.3) is 0 Å². The molecule has 0 radical (unpaired) electrons. The van der Waals surface area contributed by atoms with Gasteiger partial charge in [-0.3, -0.25) is 0 Å². The fourth-order valence-corrected chi connectivity index (χ4v) is 2.67. The van der Waals surface area contributed by atoms with E-state index in [0.29, 0.717) is 12.6 Å². The van der Waals surface area contributed by atoms with Crippen LogP contribution in [0, 0.1) is 13.8 Å². The van der Waals surface area contributed by atoms with Gasteiger partial charge in [0, 0.05) is 12.6 Å². The molecule has 0 heterocycles. The summed E-state index contributed by atoms with van der Waals surface area (Å²) in [5.41, 5.74) is 4.61. The van der Waals surface area contributed by atoms with Crippen molar-refractivity contribution in [2.75, 3.05) is 13.2 Å². The maximum absolute atomic E-state index is 9.22. The lowest BCUT2D eigenvalue weighted by molar-refractivity contribution is 0.281. The molecule has 124 valence electrons. The third-order valence-corrected chi connectivity index (χ3v) is 4.07.